The first kappa shape index (κ1) is 23.6. The molecule has 1 fully saturated rings. The second-order valence-corrected chi connectivity index (χ2v) is 8.49. The number of piperazine rings is 1. The highest BCUT2D eigenvalue weighted by molar-refractivity contribution is 5.98. The number of carbonyl (C=O) groups is 2. The highest BCUT2D eigenvalue weighted by Gasteiger charge is 2.21. The number of rotatable bonds is 8. The molecule has 1 aliphatic rings. The predicted molar refractivity (Wildman–Crippen MR) is 134 cm³/mol. The smallest absolute Gasteiger partial charge is 0.254 e. The zero-order valence-corrected chi connectivity index (χ0v) is 19.8. The second-order valence-electron chi connectivity index (χ2n) is 8.49. The zero-order chi connectivity index (χ0) is 23.9. The van der Waals surface area contributed by atoms with E-state index in [2.05, 4.69) is 17.3 Å². The van der Waals surface area contributed by atoms with Gasteiger partial charge < -0.3 is 24.6 Å². The maximum atomic E-state index is 12.9. The van der Waals surface area contributed by atoms with Gasteiger partial charge in [0.1, 0.15) is 11.5 Å². The lowest BCUT2D eigenvalue weighted by atomic mass is 10.1. The SMILES string of the molecule is COc1ccc(C(=O)N2CCN(C)CC2)cc1NC(=O)CCCOc1cccc2ccccc12. The Kier molecular flexibility index (Phi) is 7.65. The van der Waals surface area contributed by atoms with E-state index in [4.69, 9.17) is 9.47 Å². The Bertz CT molecular complexity index is 1150. The van der Waals surface area contributed by atoms with Gasteiger partial charge in [0.15, 0.2) is 0 Å². The van der Waals surface area contributed by atoms with Crippen LogP contribution in [0.4, 0.5) is 5.69 Å². The molecular weight excluding hydrogens is 430 g/mol. The fourth-order valence-corrected chi connectivity index (χ4v) is 4.08. The summed E-state index contributed by atoms with van der Waals surface area (Å²) in [5.74, 6) is 1.16. The van der Waals surface area contributed by atoms with Gasteiger partial charge in [-0.15, -0.1) is 0 Å². The van der Waals surface area contributed by atoms with E-state index in [9.17, 15) is 9.59 Å². The predicted octanol–water partition coefficient (Wildman–Crippen LogP) is 4.03. The number of fused-ring (bicyclic) bond motifs is 1. The Morgan fingerprint density at radius 2 is 1.71 bits per heavy atom. The Morgan fingerprint density at radius 3 is 2.50 bits per heavy atom. The molecule has 1 saturated heterocycles. The lowest BCUT2D eigenvalue weighted by Crippen LogP contribution is -2.47. The second kappa shape index (κ2) is 11.0. The summed E-state index contributed by atoms with van der Waals surface area (Å²) in [4.78, 5) is 29.6. The van der Waals surface area contributed by atoms with Crippen LogP contribution >= 0.6 is 0 Å². The van der Waals surface area contributed by atoms with Crippen LogP contribution in [0, 0.1) is 0 Å². The number of hydrogen-bond donors (Lipinski definition) is 1. The van der Waals surface area contributed by atoms with Crippen LogP contribution in [0.5, 0.6) is 11.5 Å². The molecule has 0 radical (unpaired) electrons. The van der Waals surface area contributed by atoms with Gasteiger partial charge >= 0.3 is 0 Å². The highest BCUT2D eigenvalue weighted by Crippen LogP contribution is 2.27. The molecule has 3 aromatic rings. The van der Waals surface area contributed by atoms with Crippen LogP contribution in [-0.2, 0) is 4.79 Å². The summed E-state index contributed by atoms with van der Waals surface area (Å²) in [6.07, 6.45) is 0.863. The maximum absolute atomic E-state index is 12.9. The summed E-state index contributed by atoms with van der Waals surface area (Å²) in [7, 11) is 3.60. The molecule has 3 aromatic carbocycles. The van der Waals surface area contributed by atoms with E-state index in [-0.39, 0.29) is 11.8 Å². The molecular formula is C27H31N3O4. The highest BCUT2D eigenvalue weighted by atomic mass is 16.5. The minimum Gasteiger partial charge on any atom is -0.495 e. The van der Waals surface area contributed by atoms with E-state index in [0.29, 0.717) is 49.5 Å². The number of hydrogen-bond acceptors (Lipinski definition) is 5. The third-order valence-electron chi connectivity index (χ3n) is 6.07. The number of amides is 2. The monoisotopic (exact) mass is 461 g/mol. The number of anilines is 1. The largest absolute Gasteiger partial charge is 0.495 e. The Morgan fingerprint density at radius 1 is 0.941 bits per heavy atom. The fourth-order valence-electron chi connectivity index (χ4n) is 4.08. The van der Waals surface area contributed by atoms with Crippen LogP contribution in [0.2, 0.25) is 0 Å². The van der Waals surface area contributed by atoms with Crippen molar-refractivity contribution >= 4 is 28.3 Å². The summed E-state index contributed by atoms with van der Waals surface area (Å²) < 4.78 is 11.3. The molecule has 1 heterocycles. The van der Waals surface area contributed by atoms with Gasteiger partial charge in [0.05, 0.1) is 19.4 Å². The van der Waals surface area contributed by atoms with Gasteiger partial charge in [-0.3, -0.25) is 9.59 Å². The summed E-state index contributed by atoms with van der Waals surface area (Å²) in [6, 6.07) is 19.2. The molecule has 0 bridgehead atoms. The van der Waals surface area contributed by atoms with Crippen molar-refractivity contribution in [1.29, 1.82) is 0 Å². The lowest BCUT2D eigenvalue weighted by molar-refractivity contribution is -0.116. The number of nitrogens with one attached hydrogen (secondary N) is 1. The quantitative estimate of drug-likeness (QED) is 0.513. The summed E-state index contributed by atoms with van der Waals surface area (Å²) >= 11 is 0. The van der Waals surface area contributed by atoms with Crippen molar-refractivity contribution in [3.63, 3.8) is 0 Å². The van der Waals surface area contributed by atoms with Gasteiger partial charge in [0.25, 0.3) is 5.91 Å². The molecule has 1 aliphatic heterocycles. The number of benzene rings is 3. The average molecular weight is 462 g/mol. The van der Waals surface area contributed by atoms with Gasteiger partial charge in [-0.25, -0.2) is 0 Å². The molecule has 7 heteroatoms. The van der Waals surface area contributed by atoms with Crippen molar-refractivity contribution in [3.8, 4) is 11.5 Å². The molecule has 4 rings (SSSR count). The standard InChI is InChI=1S/C27H31N3O4/c1-29-14-16-30(17-15-29)27(32)21-12-13-25(33-2)23(19-21)28-26(31)11-6-18-34-24-10-5-8-20-7-3-4-9-22(20)24/h3-5,7-10,12-13,19H,6,11,14-18H2,1-2H3,(H,28,31). The third kappa shape index (κ3) is 5.66. The molecule has 0 aromatic heterocycles. The van der Waals surface area contributed by atoms with Crippen molar-refractivity contribution in [2.24, 2.45) is 0 Å². The molecule has 7 nitrogen and oxygen atoms in total. The normalized spacial score (nSPS) is 14.1. The van der Waals surface area contributed by atoms with E-state index in [0.717, 1.165) is 29.6 Å². The fraction of sp³-hybridized carbons (Fsp3) is 0.333. The van der Waals surface area contributed by atoms with E-state index >= 15 is 0 Å². The number of methoxy groups -OCH3 is 1. The molecule has 0 aliphatic carbocycles. The minimum atomic E-state index is -0.149. The van der Waals surface area contributed by atoms with Crippen LogP contribution in [0.3, 0.4) is 0 Å². The lowest BCUT2D eigenvalue weighted by Gasteiger charge is -2.32. The van der Waals surface area contributed by atoms with Gasteiger partial charge in [-0.2, -0.15) is 0 Å². The summed E-state index contributed by atoms with van der Waals surface area (Å²) in [6.45, 7) is 3.53. The summed E-state index contributed by atoms with van der Waals surface area (Å²) in [5.41, 5.74) is 1.04. The zero-order valence-electron chi connectivity index (χ0n) is 19.8. The van der Waals surface area contributed by atoms with Gasteiger partial charge in [0.2, 0.25) is 5.91 Å². The van der Waals surface area contributed by atoms with Gasteiger partial charge in [-0.1, -0.05) is 36.4 Å². The third-order valence-corrected chi connectivity index (χ3v) is 6.07. The number of nitrogens with zero attached hydrogens (tertiary/aromatic N) is 2. The maximum Gasteiger partial charge on any atom is 0.254 e. The van der Waals surface area contributed by atoms with Gasteiger partial charge in [-0.05, 0) is 43.1 Å². The van der Waals surface area contributed by atoms with Crippen molar-refractivity contribution < 1.29 is 19.1 Å². The van der Waals surface area contributed by atoms with Crippen LogP contribution < -0.4 is 14.8 Å². The van der Waals surface area contributed by atoms with Crippen LogP contribution in [-0.4, -0.2) is 68.6 Å². The molecule has 178 valence electrons. The van der Waals surface area contributed by atoms with Crippen molar-refractivity contribution in [1.82, 2.24) is 9.80 Å². The van der Waals surface area contributed by atoms with E-state index in [1.807, 2.05) is 47.4 Å². The molecule has 1 N–H and O–H groups in total. The first-order valence-corrected chi connectivity index (χ1v) is 11.6. The number of ether oxygens (including phenoxy) is 2. The van der Waals surface area contributed by atoms with Crippen molar-refractivity contribution in [3.05, 3.63) is 66.2 Å². The van der Waals surface area contributed by atoms with Crippen molar-refractivity contribution in [2.75, 3.05) is 52.3 Å². The number of carbonyl (C=O) groups excluding carboxylic acids is 2. The Hall–Kier alpha value is -3.58. The molecule has 2 amide bonds. The molecule has 34 heavy (non-hydrogen) atoms. The molecule has 0 spiro atoms. The van der Waals surface area contributed by atoms with Crippen LogP contribution in [0.15, 0.2) is 60.7 Å². The van der Waals surface area contributed by atoms with Crippen LogP contribution in [0.1, 0.15) is 23.2 Å². The topological polar surface area (TPSA) is 71.1 Å². The molecule has 0 saturated carbocycles. The van der Waals surface area contributed by atoms with Crippen molar-refractivity contribution in [2.45, 2.75) is 12.8 Å². The average Bonchev–Trinajstić information content (AvgIpc) is 2.86. The van der Waals surface area contributed by atoms with Gasteiger partial charge in [0, 0.05) is 43.5 Å². The summed E-state index contributed by atoms with van der Waals surface area (Å²) in [5, 5.41) is 5.07. The first-order chi connectivity index (χ1) is 16.5. The van der Waals surface area contributed by atoms with Crippen LogP contribution in [0.25, 0.3) is 10.8 Å². The molecule has 0 unspecified atom stereocenters. The Balaban J connectivity index is 1.33. The first-order valence-electron chi connectivity index (χ1n) is 11.6. The van der Waals surface area contributed by atoms with E-state index in [1.54, 1.807) is 25.3 Å². The molecule has 0 atom stereocenters. The minimum absolute atomic E-state index is 0.0326. The van der Waals surface area contributed by atoms with E-state index < -0.39 is 0 Å². The Labute approximate surface area is 200 Å². The number of likely N-dealkylation sites (N-methyl/N-ethyl adjacent to an activating group) is 1. The van der Waals surface area contributed by atoms with E-state index in [1.165, 1.54) is 0 Å².